The average molecular weight is 298 g/mol. The molecule has 0 spiro atoms. The van der Waals surface area contributed by atoms with E-state index in [1.807, 2.05) is 0 Å². The van der Waals surface area contributed by atoms with Crippen LogP contribution in [0.2, 0.25) is 5.02 Å². The van der Waals surface area contributed by atoms with Crippen molar-refractivity contribution in [3.8, 4) is 0 Å². The van der Waals surface area contributed by atoms with Crippen molar-refractivity contribution in [1.82, 2.24) is 5.32 Å². The SMILES string of the molecule is CC1CCC(NC(=O)c2cc(S)ccc2Cl)CC1C. The second kappa shape index (κ2) is 6.19. The zero-order valence-corrected chi connectivity index (χ0v) is 13.0. The molecule has 2 nitrogen and oxygen atoms in total. The van der Waals surface area contributed by atoms with Gasteiger partial charge in [0, 0.05) is 10.9 Å². The molecule has 19 heavy (non-hydrogen) atoms. The summed E-state index contributed by atoms with van der Waals surface area (Å²) in [6, 6.07) is 5.48. The molecule has 1 aliphatic rings. The Morgan fingerprint density at radius 1 is 1.32 bits per heavy atom. The second-order valence-corrected chi connectivity index (χ2v) is 6.53. The third kappa shape index (κ3) is 3.67. The van der Waals surface area contributed by atoms with E-state index in [1.165, 1.54) is 6.42 Å². The number of halogens is 1. The third-order valence-electron chi connectivity index (χ3n) is 4.13. The summed E-state index contributed by atoms with van der Waals surface area (Å²) >= 11 is 10.3. The summed E-state index contributed by atoms with van der Waals surface area (Å²) in [6.45, 7) is 4.54. The average Bonchev–Trinajstić information content (AvgIpc) is 2.36. The van der Waals surface area contributed by atoms with Gasteiger partial charge in [-0.3, -0.25) is 4.79 Å². The molecule has 0 radical (unpaired) electrons. The van der Waals surface area contributed by atoms with Crippen LogP contribution in [-0.4, -0.2) is 11.9 Å². The number of hydrogen-bond acceptors (Lipinski definition) is 2. The summed E-state index contributed by atoms with van der Waals surface area (Å²) in [5.74, 6) is 1.32. The minimum absolute atomic E-state index is 0.0901. The minimum atomic E-state index is -0.0901. The van der Waals surface area contributed by atoms with Gasteiger partial charge in [0.25, 0.3) is 5.91 Å². The van der Waals surface area contributed by atoms with Crippen LogP contribution in [0.5, 0.6) is 0 Å². The highest BCUT2D eigenvalue weighted by Gasteiger charge is 2.26. The summed E-state index contributed by atoms with van der Waals surface area (Å²) in [6.07, 6.45) is 3.27. The maximum atomic E-state index is 12.2. The lowest BCUT2D eigenvalue weighted by atomic mass is 9.79. The van der Waals surface area contributed by atoms with E-state index in [0.29, 0.717) is 16.5 Å². The normalized spacial score (nSPS) is 27.1. The van der Waals surface area contributed by atoms with Crippen molar-refractivity contribution in [3.05, 3.63) is 28.8 Å². The summed E-state index contributed by atoms with van der Waals surface area (Å²) < 4.78 is 0. The van der Waals surface area contributed by atoms with Crippen molar-refractivity contribution >= 4 is 30.1 Å². The molecule has 1 N–H and O–H groups in total. The van der Waals surface area contributed by atoms with Crippen molar-refractivity contribution in [2.75, 3.05) is 0 Å². The van der Waals surface area contributed by atoms with E-state index < -0.39 is 0 Å². The molecule has 1 saturated carbocycles. The predicted octanol–water partition coefficient (Wildman–Crippen LogP) is 4.18. The van der Waals surface area contributed by atoms with E-state index >= 15 is 0 Å². The van der Waals surface area contributed by atoms with Gasteiger partial charge < -0.3 is 5.32 Å². The van der Waals surface area contributed by atoms with Crippen LogP contribution in [0, 0.1) is 11.8 Å². The molecular formula is C15H20ClNOS. The number of benzene rings is 1. The molecule has 1 aliphatic carbocycles. The standard InChI is InChI=1S/C15H20ClNOS/c1-9-3-4-11(7-10(9)2)17-15(18)13-8-12(19)5-6-14(13)16/h5-6,8-11,19H,3-4,7H2,1-2H3,(H,17,18). The molecule has 2 rings (SSSR count). The Morgan fingerprint density at radius 3 is 2.74 bits per heavy atom. The largest absolute Gasteiger partial charge is 0.349 e. The molecule has 0 bridgehead atoms. The van der Waals surface area contributed by atoms with E-state index in [-0.39, 0.29) is 11.9 Å². The minimum Gasteiger partial charge on any atom is -0.349 e. The maximum absolute atomic E-state index is 12.2. The maximum Gasteiger partial charge on any atom is 0.253 e. The molecule has 1 amide bonds. The Kier molecular flexibility index (Phi) is 4.80. The van der Waals surface area contributed by atoms with Gasteiger partial charge in [-0.15, -0.1) is 12.6 Å². The number of thiol groups is 1. The highest BCUT2D eigenvalue weighted by Crippen LogP contribution is 2.29. The number of nitrogens with one attached hydrogen (secondary N) is 1. The quantitative estimate of drug-likeness (QED) is 0.788. The molecule has 0 aromatic heterocycles. The number of carbonyl (C=O) groups is 1. The molecule has 1 aromatic carbocycles. The Bertz CT molecular complexity index is 477. The second-order valence-electron chi connectivity index (χ2n) is 5.60. The molecule has 104 valence electrons. The van der Waals surface area contributed by atoms with Crippen molar-refractivity contribution in [3.63, 3.8) is 0 Å². The predicted molar refractivity (Wildman–Crippen MR) is 82.1 cm³/mol. The van der Waals surface area contributed by atoms with Crippen LogP contribution in [0.3, 0.4) is 0 Å². The van der Waals surface area contributed by atoms with Gasteiger partial charge in [-0.25, -0.2) is 0 Å². The molecule has 3 atom stereocenters. The van der Waals surface area contributed by atoms with Crippen molar-refractivity contribution in [1.29, 1.82) is 0 Å². The highest BCUT2D eigenvalue weighted by atomic mass is 35.5. The fraction of sp³-hybridized carbons (Fsp3) is 0.533. The summed E-state index contributed by atoms with van der Waals surface area (Å²) in [4.78, 5) is 13.0. The monoisotopic (exact) mass is 297 g/mol. The smallest absolute Gasteiger partial charge is 0.253 e. The number of amides is 1. The van der Waals surface area contributed by atoms with Crippen molar-refractivity contribution in [2.45, 2.75) is 44.0 Å². The summed E-state index contributed by atoms with van der Waals surface area (Å²) in [7, 11) is 0. The number of rotatable bonds is 2. The Labute approximate surface area is 125 Å². The van der Waals surface area contributed by atoms with Crippen LogP contribution < -0.4 is 5.32 Å². The summed E-state index contributed by atoms with van der Waals surface area (Å²) in [5, 5.41) is 3.58. The third-order valence-corrected chi connectivity index (χ3v) is 4.74. The van der Waals surface area contributed by atoms with Gasteiger partial charge in [-0.05, 0) is 49.3 Å². The van der Waals surface area contributed by atoms with E-state index in [0.717, 1.165) is 23.7 Å². The van der Waals surface area contributed by atoms with Gasteiger partial charge >= 0.3 is 0 Å². The van der Waals surface area contributed by atoms with E-state index in [4.69, 9.17) is 11.6 Å². The first-order valence-corrected chi connectivity index (χ1v) is 7.59. The molecule has 0 heterocycles. The zero-order chi connectivity index (χ0) is 14.0. The van der Waals surface area contributed by atoms with Crippen LogP contribution in [0.25, 0.3) is 0 Å². The van der Waals surface area contributed by atoms with Gasteiger partial charge in [-0.2, -0.15) is 0 Å². The van der Waals surface area contributed by atoms with Crippen LogP contribution in [-0.2, 0) is 0 Å². The Hall–Kier alpha value is -0.670. The first-order chi connectivity index (χ1) is 8.97. The van der Waals surface area contributed by atoms with Crippen LogP contribution in [0.1, 0.15) is 43.5 Å². The zero-order valence-electron chi connectivity index (χ0n) is 11.3. The topological polar surface area (TPSA) is 29.1 Å². The van der Waals surface area contributed by atoms with Gasteiger partial charge in [0.1, 0.15) is 0 Å². The molecule has 0 saturated heterocycles. The lowest BCUT2D eigenvalue weighted by Crippen LogP contribution is -2.39. The molecule has 4 heteroatoms. The highest BCUT2D eigenvalue weighted by molar-refractivity contribution is 7.80. The Morgan fingerprint density at radius 2 is 2.05 bits per heavy atom. The number of carbonyl (C=O) groups excluding carboxylic acids is 1. The van der Waals surface area contributed by atoms with E-state index in [1.54, 1.807) is 18.2 Å². The lowest BCUT2D eigenvalue weighted by molar-refractivity contribution is 0.0910. The summed E-state index contributed by atoms with van der Waals surface area (Å²) in [5.41, 5.74) is 0.514. The van der Waals surface area contributed by atoms with Crippen LogP contribution in [0.4, 0.5) is 0 Å². The first kappa shape index (κ1) is 14.7. The molecule has 1 fully saturated rings. The van der Waals surface area contributed by atoms with Gasteiger partial charge in [-0.1, -0.05) is 25.4 Å². The van der Waals surface area contributed by atoms with Gasteiger partial charge in [0.2, 0.25) is 0 Å². The molecule has 1 aromatic rings. The number of hydrogen-bond donors (Lipinski definition) is 2. The van der Waals surface area contributed by atoms with E-state index in [9.17, 15) is 4.79 Å². The first-order valence-electron chi connectivity index (χ1n) is 6.76. The molecule has 3 unspecified atom stereocenters. The van der Waals surface area contributed by atoms with Gasteiger partial charge in [0.15, 0.2) is 0 Å². The fourth-order valence-corrected chi connectivity index (χ4v) is 3.04. The lowest BCUT2D eigenvalue weighted by Gasteiger charge is -2.32. The Balaban J connectivity index is 2.03. The van der Waals surface area contributed by atoms with Gasteiger partial charge in [0.05, 0.1) is 10.6 Å². The van der Waals surface area contributed by atoms with Crippen LogP contribution >= 0.6 is 24.2 Å². The van der Waals surface area contributed by atoms with Crippen molar-refractivity contribution < 1.29 is 4.79 Å². The molecular weight excluding hydrogens is 278 g/mol. The van der Waals surface area contributed by atoms with Crippen LogP contribution in [0.15, 0.2) is 23.1 Å². The van der Waals surface area contributed by atoms with E-state index in [2.05, 4.69) is 31.8 Å². The van der Waals surface area contributed by atoms with Crippen molar-refractivity contribution in [2.24, 2.45) is 11.8 Å². The molecule has 0 aliphatic heterocycles. The fourth-order valence-electron chi connectivity index (χ4n) is 2.63.